The van der Waals surface area contributed by atoms with Crippen molar-refractivity contribution in [3.63, 3.8) is 0 Å². The molecule has 0 unspecified atom stereocenters. The maximum Gasteiger partial charge on any atom is 0.255 e. The lowest BCUT2D eigenvalue weighted by Crippen LogP contribution is -2.28. The second-order valence-corrected chi connectivity index (χ2v) is 6.00. The molecule has 2 aromatic rings. The predicted octanol–water partition coefficient (Wildman–Crippen LogP) is 3.53. The Morgan fingerprint density at radius 1 is 1.14 bits per heavy atom. The number of amides is 1. The lowest BCUT2D eigenvalue weighted by atomic mass is 10.2. The zero-order valence-corrected chi connectivity index (χ0v) is 13.1. The number of carbonyl (C=O) groups excluding carboxylic acids is 1. The van der Waals surface area contributed by atoms with E-state index in [-0.39, 0.29) is 11.7 Å². The summed E-state index contributed by atoms with van der Waals surface area (Å²) in [6, 6.07) is 8.49. The Kier molecular flexibility index (Phi) is 4.01. The SMILES string of the molecule is Cc1cc(C(=O)N2CCCC2)c(C)n1Cc1ccc(F)cc1. The van der Waals surface area contributed by atoms with Crippen LogP contribution >= 0.6 is 0 Å². The molecule has 1 aromatic heterocycles. The van der Waals surface area contributed by atoms with E-state index in [1.165, 1.54) is 12.1 Å². The number of carbonyl (C=O) groups is 1. The molecule has 1 fully saturated rings. The summed E-state index contributed by atoms with van der Waals surface area (Å²) < 4.78 is 15.1. The van der Waals surface area contributed by atoms with Crippen molar-refractivity contribution in [1.29, 1.82) is 0 Å². The molecule has 0 bridgehead atoms. The molecule has 0 atom stereocenters. The topological polar surface area (TPSA) is 25.2 Å². The van der Waals surface area contributed by atoms with Crippen LogP contribution in [0.1, 0.15) is 40.2 Å². The van der Waals surface area contributed by atoms with Gasteiger partial charge in [0.25, 0.3) is 5.91 Å². The Labute approximate surface area is 130 Å². The Morgan fingerprint density at radius 2 is 1.77 bits per heavy atom. The molecule has 0 radical (unpaired) electrons. The molecule has 22 heavy (non-hydrogen) atoms. The molecule has 2 heterocycles. The van der Waals surface area contributed by atoms with Crippen molar-refractivity contribution in [2.45, 2.75) is 33.2 Å². The Morgan fingerprint density at radius 3 is 2.41 bits per heavy atom. The lowest BCUT2D eigenvalue weighted by Gasteiger charge is -2.15. The van der Waals surface area contributed by atoms with Gasteiger partial charge >= 0.3 is 0 Å². The van der Waals surface area contributed by atoms with Crippen molar-refractivity contribution in [1.82, 2.24) is 9.47 Å². The molecule has 1 saturated heterocycles. The smallest absolute Gasteiger partial charge is 0.255 e. The van der Waals surface area contributed by atoms with Crippen LogP contribution in [0, 0.1) is 19.7 Å². The fourth-order valence-electron chi connectivity index (χ4n) is 3.12. The number of aryl methyl sites for hydroxylation is 1. The average Bonchev–Trinajstić information content (AvgIpc) is 3.12. The first-order valence-corrected chi connectivity index (χ1v) is 7.76. The molecule has 0 aliphatic carbocycles. The first-order valence-electron chi connectivity index (χ1n) is 7.76. The van der Waals surface area contributed by atoms with E-state index in [1.54, 1.807) is 12.1 Å². The van der Waals surface area contributed by atoms with E-state index in [0.29, 0.717) is 6.54 Å². The van der Waals surface area contributed by atoms with Crippen molar-refractivity contribution < 1.29 is 9.18 Å². The van der Waals surface area contributed by atoms with E-state index in [9.17, 15) is 9.18 Å². The third kappa shape index (κ3) is 2.78. The maximum atomic E-state index is 13.0. The van der Waals surface area contributed by atoms with Crippen LogP contribution in [-0.4, -0.2) is 28.5 Å². The van der Waals surface area contributed by atoms with E-state index in [2.05, 4.69) is 4.57 Å². The highest BCUT2D eigenvalue weighted by Gasteiger charge is 2.23. The molecule has 116 valence electrons. The van der Waals surface area contributed by atoms with Gasteiger partial charge in [0.1, 0.15) is 5.82 Å². The first kappa shape index (κ1) is 14.8. The second kappa shape index (κ2) is 5.95. The highest BCUT2D eigenvalue weighted by Crippen LogP contribution is 2.21. The third-order valence-electron chi connectivity index (χ3n) is 4.45. The number of halogens is 1. The highest BCUT2D eigenvalue weighted by molar-refractivity contribution is 5.95. The number of rotatable bonds is 3. The summed E-state index contributed by atoms with van der Waals surface area (Å²) in [6.07, 6.45) is 2.19. The molecule has 1 aromatic carbocycles. The van der Waals surface area contributed by atoms with Crippen molar-refractivity contribution in [3.05, 3.63) is 58.7 Å². The molecule has 3 rings (SSSR count). The van der Waals surface area contributed by atoms with Gasteiger partial charge in [0.2, 0.25) is 0 Å². The van der Waals surface area contributed by atoms with Crippen molar-refractivity contribution in [2.24, 2.45) is 0 Å². The lowest BCUT2D eigenvalue weighted by molar-refractivity contribution is 0.0792. The molecule has 0 N–H and O–H groups in total. The standard InChI is InChI=1S/C18H21FN2O/c1-13-11-17(18(22)20-9-3-4-10-20)14(2)21(13)12-15-5-7-16(19)8-6-15/h5-8,11H,3-4,9-10,12H2,1-2H3. The summed E-state index contributed by atoms with van der Waals surface area (Å²) in [5.41, 5.74) is 3.87. The van der Waals surface area contributed by atoms with Gasteiger partial charge in [-0.3, -0.25) is 4.79 Å². The van der Waals surface area contributed by atoms with Crippen LogP contribution < -0.4 is 0 Å². The molecule has 4 heteroatoms. The van der Waals surface area contributed by atoms with Gasteiger partial charge in [-0.25, -0.2) is 4.39 Å². The quantitative estimate of drug-likeness (QED) is 0.851. The molecule has 1 aliphatic rings. The van der Waals surface area contributed by atoms with Gasteiger partial charge in [-0.1, -0.05) is 12.1 Å². The number of likely N-dealkylation sites (tertiary alicyclic amines) is 1. The normalized spacial score (nSPS) is 14.6. The van der Waals surface area contributed by atoms with Crippen LogP contribution in [0.2, 0.25) is 0 Å². The minimum atomic E-state index is -0.227. The Balaban J connectivity index is 1.86. The summed E-state index contributed by atoms with van der Waals surface area (Å²) in [4.78, 5) is 14.5. The largest absolute Gasteiger partial charge is 0.344 e. The predicted molar refractivity (Wildman–Crippen MR) is 84.5 cm³/mol. The van der Waals surface area contributed by atoms with E-state index in [1.807, 2.05) is 24.8 Å². The monoisotopic (exact) mass is 300 g/mol. The van der Waals surface area contributed by atoms with Crippen LogP contribution in [0.25, 0.3) is 0 Å². The number of hydrogen-bond acceptors (Lipinski definition) is 1. The summed E-state index contributed by atoms with van der Waals surface area (Å²) >= 11 is 0. The fraction of sp³-hybridized carbons (Fsp3) is 0.389. The first-order chi connectivity index (χ1) is 10.6. The molecule has 0 saturated carbocycles. The van der Waals surface area contributed by atoms with E-state index in [4.69, 9.17) is 0 Å². The van der Waals surface area contributed by atoms with Crippen LogP contribution in [0.5, 0.6) is 0 Å². The third-order valence-corrected chi connectivity index (χ3v) is 4.45. The fourth-order valence-corrected chi connectivity index (χ4v) is 3.12. The van der Waals surface area contributed by atoms with Crippen LogP contribution in [0.4, 0.5) is 4.39 Å². The molecule has 3 nitrogen and oxygen atoms in total. The van der Waals surface area contributed by atoms with Crippen molar-refractivity contribution in [3.8, 4) is 0 Å². The molecule has 0 spiro atoms. The van der Waals surface area contributed by atoms with Crippen LogP contribution in [0.3, 0.4) is 0 Å². The van der Waals surface area contributed by atoms with Gasteiger partial charge in [0.15, 0.2) is 0 Å². The van der Waals surface area contributed by atoms with Crippen LogP contribution in [0.15, 0.2) is 30.3 Å². The molecular weight excluding hydrogens is 279 g/mol. The highest BCUT2D eigenvalue weighted by atomic mass is 19.1. The van der Waals surface area contributed by atoms with Gasteiger partial charge in [0.05, 0.1) is 5.56 Å². The summed E-state index contributed by atoms with van der Waals surface area (Å²) in [6.45, 7) is 6.38. The summed E-state index contributed by atoms with van der Waals surface area (Å²) in [7, 11) is 0. The van der Waals surface area contributed by atoms with E-state index in [0.717, 1.165) is 48.4 Å². The zero-order valence-electron chi connectivity index (χ0n) is 13.1. The van der Waals surface area contributed by atoms with Gasteiger partial charge in [-0.2, -0.15) is 0 Å². The number of nitrogens with zero attached hydrogens (tertiary/aromatic N) is 2. The minimum absolute atomic E-state index is 0.135. The van der Waals surface area contributed by atoms with Gasteiger partial charge in [0, 0.05) is 31.0 Å². The van der Waals surface area contributed by atoms with Crippen molar-refractivity contribution in [2.75, 3.05) is 13.1 Å². The Bertz CT molecular complexity index is 682. The second-order valence-electron chi connectivity index (χ2n) is 6.00. The van der Waals surface area contributed by atoms with E-state index >= 15 is 0 Å². The minimum Gasteiger partial charge on any atom is -0.344 e. The Hall–Kier alpha value is -2.10. The van der Waals surface area contributed by atoms with Crippen molar-refractivity contribution >= 4 is 5.91 Å². The van der Waals surface area contributed by atoms with Gasteiger partial charge in [-0.05, 0) is 50.5 Å². The summed E-state index contributed by atoms with van der Waals surface area (Å²) in [5.74, 6) is -0.0921. The molecular formula is C18H21FN2O. The number of hydrogen-bond donors (Lipinski definition) is 0. The number of benzene rings is 1. The molecule has 1 amide bonds. The van der Waals surface area contributed by atoms with Crippen LogP contribution in [-0.2, 0) is 6.54 Å². The molecule has 1 aliphatic heterocycles. The zero-order chi connectivity index (χ0) is 15.7. The average molecular weight is 300 g/mol. The maximum absolute atomic E-state index is 13.0. The number of aromatic nitrogens is 1. The van der Waals surface area contributed by atoms with Gasteiger partial charge < -0.3 is 9.47 Å². The summed E-state index contributed by atoms with van der Waals surface area (Å²) in [5, 5.41) is 0. The van der Waals surface area contributed by atoms with E-state index < -0.39 is 0 Å². The van der Waals surface area contributed by atoms with Gasteiger partial charge in [-0.15, -0.1) is 0 Å².